The number of hydrogen-bond donors (Lipinski definition) is 1. The number of methoxy groups -OCH3 is 2. The van der Waals surface area contributed by atoms with Crippen LogP contribution in [-0.2, 0) is 26.2 Å². The Morgan fingerprint density at radius 1 is 1.08 bits per heavy atom. The Bertz CT molecular complexity index is 1210. The summed E-state index contributed by atoms with van der Waals surface area (Å²) in [7, 11) is -0.968. The highest BCUT2D eigenvalue weighted by molar-refractivity contribution is 7.92. The van der Waals surface area contributed by atoms with Gasteiger partial charge in [0.05, 0.1) is 26.2 Å². The number of nitrogens with one attached hydrogen (secondary N) is 1. The lowest BCUT2D eigenvalue weighted by atomic mass is 10.1. The van der Waals surface area contributed by atoms with E-state index >= 15 is 0 Å². The van der Waals surface area contributed by atoms with Gasteiger partial charge in [0, 0.05) is 18.7 Å². The molecular formula is C27H37N3O6S. The van der Waals surface area contributed by atoms with Crippen LogP contribution in [-0.4, -0.2) is 64.2 Å². The van der Waals surface area contributed by atoms with Crippen LogP contribution in [0.2, 0.25) is 0 Å². The van der Waals surface area contributed by atoms with E-state index in [0.717, 1.165) is 47.4 Å². The van der Waals surface area contributed by atoms with E-state index in [4.69, 9.17) is 9.47 Å². The molecule has 1 saturated carbocycles. The Balaban J connectivity index is 1.93. The summed E-state index contributed by atoms with van der Waals surface area (Å²) < 4.78 is 37.3. The molecular weight excluding hydrogens is 494 g/mol. The molecule has 3 rings (SSSR count). The first-order valence-electron chi connectivity index (χ1n) is 12.4. The molecule has 0 bridgehead atoms. The Morgan fingerprint density at radius 3 is 2.38 bits per heavy atom. The molecule has 2 aromatic carbocycles. The third kappa shape index (κ3) is 7.38. The van der Waals surface area contributed by atoms with Crippen molar-refractivity contribution in [1.82, 2.24) is 10.2 Å². The lowest BCUT2D eigenvalue weighted by molar-refractivity contribution is -0.139. The van der Waals surface area contributed by atoms with Crippen molar-refractivity contribution in [2.75, 3.05) is 31.3 Å². The Hall–Kier alpha value is -3.27. The van der Waals surface area contributed by atoms with Crippen molar-refractivity contribution in [2.45, 2.75) is 58.2 Å². The summed E-state index contributed by atoms with van der Waals surface area (Å²) in [5, 5.41) is 3.06. The van der Waals surface area contributed by atoms with E-state index in [-0.39, 0.29) is 29.9 Å². The molecule has 1 atom stereocenters. The third-order valence-corrected chi connectivity index (χ3v) is 7.77. The molecule has 10 heteroatoms. The van der Waals surface area contributed by atoms with Crippen molar-refractivity contribution >= 4 is 27.5 Å². The summed E-state index contributed by atoms with van der Waals surface area (Å²) in [6.07, 6.45) is 5.01. The van der Waals surface area contributed by atoms with Crippen LogP contribution < -0.4 is 19.1 Å². The number of aryl methyl sites for hydroxylation is 1. The molecule has 0 unspecified atom stereocenters. The Morgan fingerprint density at radius 2 is 1.78 bits per heavy atom. The highest BCUT2D eigenvalue weighted by atomic mass is 32.2. The zero-order valence-electron chi connectivity index (χ0n) is 22.2. The van der Waals surface area contributed by atoms with Crippen LogP contribution in [0.5, 0.6) is 11.5 Å². The first-order chi connectivity index (χ1) is 17.5. The van der Waals surface area contributed by atoms with E-state index in [0.29, 0.717) is 5.75 Å². The van der Waals surface area contributed by atoms with E-state index in [2.05, 4.69) is 5.32 Å². The molecule has 0 saturated heterocycles. The highest BCUT2D eigenvalue weighted by Gasteiger charge is 2.32. The number of rotatable bonds is 11. The van der Waals surface area contributed by atoms with Gasteiger partial charge in [-0.25, -0.2) is 8.42 Å². The van der Waals surface area contributed by atoms with Crippen LogP contribution in [0.15, 0.2) is 42.5 Å². The smallest absolute Gasteiger partial charge is 0.244 e. The number of nitrogens with zero attached hydrogens (tertiary/aromatic N) is 2. The molecule has 0 aromatic heterocycles. The average molecular weight is 532 g/mol. The maximum atomic E-state index is 13.7. The minimum Gasteiger partial charge on any atom is -0.497 e. The number of anilines is 1. The molecule has 1 N–H and O–H groups in total. The van der Waals surface area contributed by atoms with Crippen molar-refractivity contribution in [1.29, 1.82) is 0 Å². The van der Waals surface area contributed by atoms with Gasteiger partial charge in [0.2, 0.25) is 21.8 Å². The highest BCUT2D eigenvalue weighted by Crippen LogP contribution is 2.33. The van der Waals surface area contributed by atoms with Gasteiger partial charge in [-0.15, -0.1) is 0 Å². The summed E-state index contributed by atoms with van der Waals surface area (Å²) in [6.45, 7) is 3.30. The quantitative estimate of drug-likeness (QED) is 0.477. The summed E-state index contributed by atoms with van der Waals surface area (Å²) in [6, 6.07) is 11.7. The third-order valence-electron chi connectivity index (χ3n) is 6.64. The fraction of sp³-hybridized carbons (Fsp3) is 0.481. The van der Waals surface area contributed by atoms with Gasteiger partial charge in [-0.2, -0.15) is 0 Å². The second-order valence-electron chi connectivity index (χ2n) is 9.48. The molecule has 37 heavy (non-hydrogen) atoms. The summed E-state index contributed by atoms with van der Waals surface area (Å²) in [5.74, 6) is -0.0202. The lowest BCUT2D eigenvalue weighted by Crippen LogP contribution is -2.52. The van der Waals surface area contributed by atoms with Crippen molar-refractivity contribution in [3.8, 4) is 11.5 Å². The predicted molar refractivity (Wildman–Crippen MR) is 143 cm³/mol. The van der Waals surface area contributed by atoms with Crippen molar-refractivity contribution in [3.63, 3.8) is 0 Å². The van der Waals surface area contributed by atoms with Crippen LogP contribution in [0.25, 0.3) is 0 Å². The SMILES string of the molecule is COc1ccc(N(CC(=O)N(Cc2cccc(C)c2)[C@H](C)C(=O)NC2CCCC2)S(C)(=O)=O)c(OC)c1. The second-order valence-corrected chi connectivity index (χ2v) is 11.4. The fourth-order valence-electron chi connectivity index (χ4n) is 4.57. The van der Waals surface area contributed by atoms with Crippen molar-refractivity contribution < 1.29 is 27.5 Å². The number of carbonyl (C=O) groups is 2. The first kappa shape index (κ1) is 28.3. The summed E-state index contributed by atoms with van der Waals surface area (Å²) >= 11 is 0. The van der Waals surface area contributed by atoms with E-state index in [1.54, 1.807) is 19.1 Å². The standard InChI is InChI=1S/C27H37N3O6S/c1-19-9-8-10-21(15-19)17-29(20(2)27(32)28-22-11-6-7-12-22)26(31)18-30(37(5,33)34)24-14-13-23(35-3)16-25(24)36-4/h8-10,13-16,20,22H,6-7,11-12,17-18H2,1-5H3,(H,28,32)/t20-/m1/s1. The van der Waals surface area contributed by atoms with Gasteiger partial charge in [-0.1, -0.05) is 42.7 Å². The van der Waals surface area contributed by atoms with Crippen LogP contribution in [0.4, 0.5) is 5.69 Å². The van der Waals surface area contributed by atoms with Gasteiger partial charge in [0.15, 0.2) is 0 Å². The average Bonchev–Trinajstić information content (AvgIpc) is 3.37. The van der Waals surface area contributed by atoms with Gasteiger partial charge in [0.25, 0.3) is 0 Å². The minimum atomic E-state index is -3.88. The first-order valence-corrected chi connectivity index (χ1v) is 14.2. The monoisotopic (exact) mass is 531 g/mol. The van der Waals surface area contributed by atoms with E-state index in [1.807, 2.05) is 31.2 Å². The zero-order chi connectivity index (χ0) is 27.2. The van der Waals surface area contributed by atoms with E-state index < -0.39 is 28.5 Å². The lowest BCUT2D eigenvalue weighted by Gasteiger charge is -2.32. The van der Waals surface area contributed by atoms with E-state index in [9.17, 15) is 18.0 Å². The van der Waals surface area contributed by atoms with Gasteiger partial charge in [0.1, 0.15) is 24.1 Å². The molecule has 9 nitrogen and oxygen atoms in total. The molecule has 2 aromatic rings. The molecule has 1 fully saturated rings. The molecule has 0 radical (unpaired) electrons. The molecule has 1 aliphatic carbocycles. The number of carbonyl (C=O) groups excluding carboxylic acids is 2. The summed E-state index contributed by atoms with van der Waals surface area (Å²) in [5.41, 5.74) is 2.08. The molecule has 1 aliphatic rings. The van der Waals surface area contributed by atoms with Crippen LogP contribution >= 0.6 is 0 Å². The largest absolute Gasteiger partial charge is 0.497 e. The number of benzene rings is 2. The number of hydrogen-bond acceptors (Lipinski definition) is 6. The molecule has 2 amide bonds. The molecule has 0 heterocycles. The maximum absolute atomic E-state index is 13.7. The van der Waals surface area contributed by atoms with Gasteiger partial charge < -0.3 is 19.7 Å². The molecule has 202 valence electrons. The normalized spacial score (nSPS) is 14.6. The topological polar surface area (TPSA) is 105 Å². The number of amides is 2. The minimum absolute atomic E-state index is 0.0990. The maximum Gasteiger partial charge on any atom is 0.244 e. The Labute approximate surface area is 219 Å². The molecule has 0 spiro atoms. The molecule has 0 aliphatic heterocycles. The van der Waals surface area contributed by atoms with Gasteiger partial charge in [-0.05, 0) is 44.4 Å². The van der Waals surface area contributed by atoms with Gasteiger partial charge >= 0.3 is 0 Å². The van der Waals surface area contributed by atoms with E-state index in [1.165, 1.54) is 25.2 Å². The number of ether oxygens (including phenoxy) is 2. The van der Waals surface area contributed by atoms with Crippen LogP contribution in [0.1, 0.15) is 43.7 Å². The fourth-order valence-corrected chi connectivity index (χ4v) is 5.42. The summed E-state index contributed by atoms with van der Waals surface area (Å²) in [4.78, 5) is 28.3. The zero-order valence-corrected chi connectivity index (χ0v) is 23.0. The Kier molecular flexibility index (Phi) is 9.42. The number of sulfonamides is 1. The van der Waals surface area contributed by atoms with Crippen LogP contribution in [0, 0.1) is 6.92 Å². The second kappa shape index (κ2) is 12.3. The van der Waals surface area contributed by atoms with Gasteiger partial charge in [-0.3, -0.25) is 13.9 Å². The van der Waals surface area contributed by atoms with Crippen molar-refractivity contribution in [3.05, 3.63) is 53.6 Å². The van der Waals surface area contributed by atoms with Crippen LogP contribution in [0.3, 0.4) is 0 Å². The van der Waals surface area contributed by atoms with Crippen molar-refractivity contribution in [2.24, 2.45) is 0 Å². The predicted octanol–water partition coefficient (Wildman–Crippen LogP) is 3.25.